The molecule has 0 fully saturated rings. The maximum Gasteiger partial charge on any atom is 0.168 e. The maximum absolute atomic E-state index is 9.65. The molecule has 180 valence electrons. The van der Waals surface area contributed by atoms with Gasteiger partial charge >= 0.3 is 0 Å². The Kier molecular flexibility index (Phi) is 6.95. The van der Waals surface area contributed by atoms with Crippen molar-refractivity contribution in [3.05, 3.63) is 96.7 Å². The van der Waals surface area contributed by atoms with E-state index in [0.29, 0.717) is 18.1 Å². The first kappa shape index (κ1) is 23.6. The summed E-state index contributed by atoms with van der Waals surface area (Å²) >= 11 is 1.57. The Bertz CT molecular complexity index is 1480. The molecule has 0 atom stereocenters. The van der Waals surface area contributed by atoms with Crippen LogP contribution >= 0.6 is 11.8 Å². The molecule has 3 aromatic carbocycles. The third kappa shape index (κ3) is 5.55. The molecule has 0 aliphatic carbocycles. The van der Waals surface area contributed by atoms with E-state index in [-0.39, 0.29) is 11.7 Å². The molecule has 0 aliphatic rings. The van der Waals surface area contributed by atoms with Gasteiger partial charge in [-0.3, -0.25) is 0 Å². The van der Waals surface area contributed by atoms with Crippen LogP contribution in [0.25, 0.3) is 11.0 Å². The first-order valence-corrected chi connectivity index (χ1v) is 12.4. The minimum Gasteiger partial charge on any atom is -0.508 e. The van der Waals surface area contributed by atoms with Crippen LogP contribution in [0.2, 0.25) is 0 Å². The molecule has 0 unspecified atom stereocenters. The zero-order chi connectivity index (χ0) is 24.9. The van der Waals surface area contributed by atoms with Crippen LogP contribution < -0.4 is 10.1 Å². The highest BCUT2D eigenvalue weighted by Crippen LogP contribution is 2.38. The van der Waals surface area contributed by atoms with Crippen LogP contribution in [0.15, 0.2) is 95.1 Å². The number of hydrogen-bond donors (Lipinski definition) is 2. The number of ether oxygens (including phenoxy) is 1. The third-order valence-corrected chi connectivity index (χ3v) is 6.53. The summed E-state index contributed by atoms with van der Waals surface area (Å²) in [6, 6.07) is 23.1. The second-order valence-electron chi connectivity index (χ2n) is 8.50. The summed E-state index contributed by atoms with van der Waals surface area (Å²) in [5, 5.41) is 13.8. The van der Waals surface area contributed by atoms with Crippen molar-refractivity contribution in [2.24, 2.45) is 0 Å². The molecule has 0 spiro atoms. The molecule has 0 aliphatic heterocycles. The number of fused-ring (bicyclic) bond motifs is 1. The molecule has 0 saturated carbocycles. The van der Waals surface area contributed by atoms with Gasteiger partial charge in [-0.25, -0.2) is 19.9 Å². The number of aromatic nitrogens is 4. The number of benzene rings is 3. The fraction of sp³-hybridized carbons (Fsp3) is 0.143. The normalized spacial score (nSPS) is 11.1. The molecule has 5 rings (SSSR count). The number of hydrogen-bond acceptors (Lipinski definition) is 8. The zero-order valence-corrected chi connectivity index (χ0v) is 20.7. The van der Waals surface area contributed by atoms with Crippen molar-refractivity contribution >= 4 is 34.3 Å². The quantitative estimate of drug-likeness (QED) is 0.245. The lowest BCUT2D eigenvalue weighted by atomic mass is 10.2. The van der Waals surface area contributed by atoms with Gasteiger partial charge in [0.05, 0.1) is 11.1 Å². The molecule has 0 saturated heterocycles. The number of aromatic hydroxyl groups is 1. The summed E-state index contributed by atoms with van der Waals surface area (Å²) in [4.78, 5) is 19.9. The van der Waals surface area contributed by atoms with E-state index in [0.717, 1.165) is 38.0 Å². The average Bonchev–Trinajstić information content (AvgIpc) is 2.90. The first-order chi connectivity index (χ1) is 17.5. The van der Waals surface area contributed by atoms with Gasteiger partial charge in [0.15, 0.2) is 5.65 Å². The van der Waals surface area contributed by atoms with Gasteiger partial charge in [-0.1, -0.05) is 55.9 Å². The fourth-order valence-electron chi connectivity index (χ4n) is 3.54. The standard InChI is InChI=1S/C28H25N5O2S/c1-18(2)26-29-15-23-27(30-17-31-28(23)33-26)32-24-14-21(35-16-19-6-4-3-5-7-19)10-13-25(24)36-22-11-8-20(34)9-12-22/h3-15,17-18,34H,16H2,1-2H3,(H,29,30,31,32,33). The molecule has 0 radical (unpaired) electrons. The highest BCUT2D eigenvalue weighted by atomic mass is 32.2. The number of nitrogens with zero attached hydrogens (tertiary/aromatic N) is 4. The summed E-state index contributed by atoms with van der Waals surface area (Å²) in [7, 11) is 0. The largest absolute Gasteiger partial charge is 0.508 e. The minimum absolute atomic E-state index is 0.201. The summed E-state index contributed by atoms with van der Waals surface area (Å²) in [5.41, 5.74) is 2.51. The van der Waals surface area contributed by atoms with Gasteiger partial charge in [-0.05, 0) is 42.0 Å². The van der Waals surface area contributed by atoms with Crippen LogP contribution in [-0.4, -0.2) is 25.0 Å². The summed E-state index contributed by atoms with van der Waals surface area (Å²) < 4.78 is 6.08. The van der Waals surface area contributed by atoms with E-state index in [2.05, 4.69) is 39.1 Å². The third-order valence-electron chi connectivity index (χ3n) is 5.44. The maximum atomic E-state index is 9.65. The topological polar surface area (TPSA) is 93.1 Å². The van der Waals surface area contributed by atoms with Crippen molar-refractivity contribution in [1.82, 2.24) is 19.9 Å². The van der Waals surface area contributed by atoms with Crippen LogP contribution in [-0.2, 0) is 6.61 Å². The van der Waals surface area contributed by atoms with Crippen molar-refractivity contribution in [2.75, 3.05) is 5.32 Å². The van der Waals surface area contributed by atoms with Gasteiger partial charge in [0, 0.05) is 28.0 Å². The Labute approximate surface area is 213 Å². The van der Waals surface area contributed by atoms with Gasteiger partial charge < -0.3 is 15.2 Å². The Balaban J connectivity index is 1.48. The molecule has 7 nitrogen and oxygen atoms in total. The Morgan fingerprint density at radius 3 is 2.53 bits per heavy atom. The number of phenols is 1. The van der Waals surface area contributed by atoms with Gasteiger partial charge in [0.25, 0.3) is 0 Å². The van der Waals surface area contributed by atoms with Gasteiger partial charge in [-0.2, -0.15) is 0 Å². The second kappa shape index (κ2) is 10.6. The zero-order valence-electron chi connectivity index (χ0n) is 19.9. The van der Waals surface area contributed by atoms with Crippen LogP contribution in [0, 0.1) is 0 Å². The minimum atomic E-state index is 0.201. The molecule has 2 heterocycles. The Hall–Kier alpha value is -4.17. The molecule has 2 N–H and O–H groups in total. The first-order valence-electron chi connectivity index (χ1n) is 11.6. The van der Waals surface area contributed by atoms with Gasteiger partial charge in [0.1, 0.15) is 36.1 Å². The van der Waals surface area contributed by atoms with E-state index in [9.17, 15) is 5.11 Å². The molecular weight excluding hydrogens is 470 g/mol. The van der Waals surface area contributed by atoms with E-state index in [4.69, 9.17) is 4.74 Å². The molecular formula is C28H25N5O2S. The lowest BCUT2D eigenvalue weighted by molar-refractivity contribution is 0.306. The highest BCUT2D eigenvalue weighted by Gasteiger charge is 2.13. The SMILES string of the molecule is CC(C)c1ncc2c(Nc3cc(OCc4ccccc4)ccc3Sc3ccc(O)cc3)ncnc2n1. The predicted molar refractivity (Wildman–Crippen MR) is 142 cm³/mol. The average molecular weight is 496 g/mol. The van der Waals surface area contributed by atoms with Gasteiger partial charge in [0.2, 0.25) is 0 Å². The molecule has 0 bridgehead atoms. The van der Waals surface area contributed by atoms with Crippen molar-refractivity contribution < 1.29 is 9.84 Å². The van der Waals surface area contributed by atoms with E-state index < -0.39 is 0 Å². The number of phenolic OH excluding ortho intramolecular Hbond substituents is 1. The van der Waals surface area contributed by atoms with Crippen molar-refractivity contribution in [1.29, 1.82) is 0 Å². The molecule has 36 heavy (non-hydrogen) atoms. The second-order valence-corrected chi connectivity index (χ2v) is 9.61. The summed E-state index contributed by atoms with van der Waals surface area (Å²) in [6.45, 7) is 4.57. The lowest BCUT2D eigenvalue weighted by Crippen LogP contribution is -2.03. The van der Waals surface area contributed by atoms with E-state index in [1.807, 2.05) is 60.7 Å². The summed E-state index contributed by atoms with van der Waals surface area (Å²) in [5.74, 6) is 2.52. The van der Waals surface area contributed by atoms with Crippen LogP contribution in [0.5, 0.6) is 11.5 Å². The van der Waals surface area contributed by atoms with Crippen molar-refractivity contribution in [3.8, 4) is 11.5 Å². The number of rotatable bonds is 8. The van der Waals surface area contributed by atoms with Crippen LogP contribution in [0.3, 0.4) is 0 Å². The lowest BCUT2D eigenvalue weighted by Gasteiger charge is -2.15. The van der Waals surface area contributed by atoms with Crippen LogP contribution in [0.4, 0.5) is 11.5 Å². The molecule has 8 heteroatoms. The molecule has 5 aromatic rings. The number of anilines is 2. The highest BCUT2D eigenvalue weighted by molar-refractivity contribution is 7.99. The van der Waals surface area contributed by atoms with Crippen molar-refractivity contribution in [3.63, 3.8) is 0 Å². The van der Waals surface area contributed by atoms with E-state index in [1.54, 1.807) is 30.1 Å². The Morgan fingerprint density at radius 2 is 1.75 bits per heavy atom. The van der Waals surface area contributed by atoms with E-state index >= 15 is 0 Å². The monoisotopic (exact) mass is 495 g/mol. The predicted octanol–water partition coefficient (Wildman–Crippen LogP) is 6.72. The van der Waals surface area contributed by atoms with Crippen molar-refractivity contribution in [2.45, 2.75) is 36.2 Å². The smallest absolute Gasteiger partial charge is 0.168 e. The summed E-state index contributed by atoms with van der Waals surface area (Å²) in [6.07, 6.45) is 3.27. The van der Waals surface area contributed by atoms with Gasteiger partial charge in [-0.15, -0.1) is 0 Å². The van der Waals surface area contributed by atoms with E-state index in [1.165, 1.54) is 6.33 Å². The molecule has 2 aromatic heterocycles. The molecule has 0 amide bonds. The number of nitrogens with one attached hydrogen (secondary N) is 1. The Morgan fingerprint density at radius 1 is 0.944 bits per heavy atom. The van der Waals surface area contributed by atoms with Crippen LogP contribution in [0.1, 0.15) is 31.2 Å². The fourth-order valence-corrected chi connectivity index (χ4v) is 4.42.